The van der Waals surface area contributed by atoms with Crippen molar-refractivity contribution in [3.05, 3.63) is 29.8 Å². The van der Waals surface area contributed by atoms with Gasteiger partial charge in [0.25, 0.3) is 0 Å². The van der Waals surface area contributed by atoms with Gasteiger partial charge in [0.1, 0.15) is 0 Å². The topological polar surface area (TPSA) is 85.4 Å². The van der Waals surface area contributed by atoms with Crippen LogP contribution in [-0.4, -0.2) is 61.5 Å². The first kappa shape index (κ1) is 15.4. The van der Waals surface area contributed by atoms with E-state index in [-0.39, 0.29) is 11.9 Å². The van der Waals surface area contributed by atoms with Gasteiger partial charge in [-0.15, -0.1) is 0 Å². The zero-order chi connectivity index (χ0) is 15.2. The van der Waals surface area contributed by atoms with E-state index in [0.717, 1.165) is 19.6 Å². The van der Waals surface area contributed by atoms with E-state index in [1.54, 1.807) is 24.3 Å². The van der Waals surface area contributed by atoms with Crippen LogP contribution >= 0.6 is 0 Å². The van der Waals surface area contributed by atoms with Crippen molar-refractivity contribution in [2.24, 2.45) is 5.73 Å². The molecule has 0 saturated carbocycles. The lowest BCUT2D eigenvalue weighted by Gasteiger charge is -2.39. The largest absolute Gasteiger partial charge is 0.329 e. The van der Waals surface area contributed by atoms with Crippen LogP contribution in [0.4, 0.5) is 5.69 Å². The molecule has 0 aliphatic carbocycles. The smallest absolute Gasteiger partial charge is 0.238 e. The van der Waals surface area contributed by atoms with Gasteiger partial charge >= 0.3 is 0 Å². The van der Waals surface area contributed by atoms with E-state index in [4.69, 9.17) is 11.0 Å². The molecule has 0 spiro atoms. The van der Waals surface area contributed by atoms with Gasteiger partial charge in [0.05, 0.1) is 18.2 Å². The molecule has 3 N–H and O–H groups in total. The molecule has 6 heteroatoms. The SMILES string of the molecule is CN1CCN(CC(=O)Nc2cccc(C#N)c2)C(CN)C1. The third-order valence-electron chi connectivity index (χ3n) is 3.70. The van der Waals surface area contributed by atoms with Gasteiger partial charge in [0, 0.05) is 37.9 Å². The second kappa shape index (κ2) is 7.18. The fourth-order valence-corrected chi connectivity index (χ4v) is 2.53. The van der Waals surface area contributed by atoms with E-state index in [9.17, 15) is 4.79 Å². The number of amides is 1. The fraction of sp³-hybridized carbons (Fsp3) is 0.467. The molecule has 112 valence electrons. The number of piperazine rings is 1. The highest BCUT2D eigenvalue weighted by Gasteiger charge is 2.25. The molecular weight excluding hydrogens is 266 g/mol. The number of nitriles is 1. The Morgan fingerprint density at radius 3 is 3.05 bits per heavy atom. The Hall–Kier alpha value is -1.94. The average molecular weight is 287 g/mol. The summed E-state index contributed by atoms with van der Waals surface area (Å²) in [7, 11) is 2.06. The molecule has 1 unspecified atom stereocenters. The third kappa shape index (κ3) is 4.26. The summed E-state index contributed by atoms with van der Waals surface area (Å²) in [5, 5.41) is 11.7. The number of carbonyl (C=O) groups is 1. The Morgan fingerprint density at radius 1 is 1.52 bits per heavy atom. The van der Waals surface area contributed by atoms with Gasteiger partial charge in [-0.25, -0.2) is 0 Å². The van der Waals surface area contributed by atoms with Crippen molar-refractivity contribution in [3.63, 3.8) is 0 Å². The van der Waals surface area contributed by atoms with Crippen LogP contribution in [0.1, 0.15) is 5.56 Å². The molecule has 0 radical (unpaired) electrons. The minimum Gasteiger partial charge on any atom is -0.329 e. The normalized spacial score (nSPS) is 20.0. The van der Waals surface area contributed by atoms with Gasteiger partial charge in [-0.1, -0.05) is 6.07 Å². The molecule has 1 fully saturated rings. The van der Waals surface area contributed by atoms with Crippen molar-refractivity contribution >= 4 is 11.6 Å². The van der Waals surface area contributed by atoms with Crippen molar-refractivity contribution < 1.29 is 4.79 Å². The molecule has 1 aliphatic heterocycles. The summed E-state index contributed by atoms with van der Waals surface area (Å²) in [6.45, 7) is 3.53. The summed E-state index contributed by atoms with van der Waals surface area (Å²) in [6, 6.07) is 9.18. The van der Waals surface area contributed by atoms with Crippen LogP contribution in [0.3, 0.4) is 0 Å². The highest BCUT2D eigenvalue weighted by atomic mass is 16.2. The second-order valence-electron chi connectivity index (χ2n) is 5.36. The first-order valence-corrected chi connectivity index (χ1v) is 7.05. The summed E-state index contributed by atoms with van der Waals surface area (Å²) in [5.41, 5.74) is 6.97. The van der Waals surface area contributed by atoms with Gasteiger partial charge in [-0.2, -0.15) is 5.26 Å². The molecule has 0 bridgehead atoms. The summed E-state index contributed by atoms with van der Waals surface area (Å²) in [5.74, 6) is -0.0758. The molecule has 1 aromatic carbocycles. The number of hydrogen-bond acceptors (Lipinski definition) is 5. The lowest BCUT2D eigenvalue weighted by Crippen LogP contribution is -2.56. The molecule has 6 nitrogen and oxygen atoms in total. The molecule has 1 aliphatic rings. The van der Waals surface area contributed by atoms with Crippen LogP contribution in [0.5, 0.6) is 0 Å². The second-order valence-corrected chi connectivity index (χ2v) is 5.36. The summed E-state index contributed by atoms with van der Waals surface area (Å²) >= 11 is 0. The maximum Gasteiger partial charge on any atom is 0.238 e. The van der Waals surface area contributed by atoms with Crippen molar-refractivity contribution in [2.75, 3.05) is 45.1 Å². The Bertz CT molecular complexity index is 539. The van der Waals surface area contributed by atoms with E-state index in [2.05, 4.69) is 28.2 Å². The monoisotopic (exact) mass is 287 g/mol. The van der Waals surface area contributed by atoms with Gasteiger partial charge in [-0.05, 0) is 25.2 Å². The highest BCUT2D eigenvalue weighted by Crippen LogP contribution is 2.11. The molecule has 1 saturated heterocycles. The Morgan fingerprint density at radius 2 is 2.33 bits per heavy atom. The van der Waals surface area contributed by atoms with Crippen molar-refractivity contribution in [1.82, 2.24) is 9.80 Å². The Kier molecular flexibility index (Phi) is 5.28. The van der Waals surface area contributed by atoms with E-state index in [1.807, 2.05) is 0 Å². The van der Waals surface area contributed by atoms with Crippen molar-refractivity contribution in [1.29, 1.82) is 5.26 Å². The lowest BCUT2D eigenvalue weighted by molar-refractivity contribution is -0.118. The lowest BCUT2D eigenvalue weighted by atomic mass is 10.1. The van der Waals surface area contributed by atoms with Gasteiger partial charge in [-0.3, -0.25) is 9.69 Å². The predicted molar refractivity (Wildman–Crippen MR) is 81.7 cm³/mol. The minimum absolute atomic E-state index is 0.0758. The number of carbonyl (C=O) groups excluding carboxylic acids is 1. The molecule has 1 heterocycles. The number of hydrogen-bond donors (Lipinski definition) is 2. The predicted octanol–water partition coefficient (Wildman–Crippen LogP) is 0.0715. The summed E-state index contributed by atoms with van der Waals surface area (Å²) in [4.78, 5) is 16.5. The van der Waals surface area contributed by atoms with Crippen molar-refractivity contribution in [3.8, 4) is 6.07 Å². The Balaban J connectivity index is 1.93. The van der Waals surface area contributed by atoms with Gasteiger partial charge in [0.2, 0.25) is 5.91 Å². The standard InChI is InChI=1S/C15H21N5O/c1-19-5-6-20(14(9-17)10-19)11-15(21)18-13-4-2-3-12(7-13)8-16/h2-4,7,14H,5-6,9-11,17H2,1H3,(H,18,21). The van der Waals surface area contributed by atoms with Crippen molar-refractivity contribution in [2.45, 2.75) is 6.04 Å². The van der Waals surface area contributed by atoms with E-state index in [1.165, 1.54) is 0 Å². The number of nitrogens with one attached hydrogen (secondary N) is 1. The van der Waals surface area contributed by atoms with Crippen LogP contribution in [0.2, 0.25) is 0 Å². The maximum atomic E-state index is 12.1. The zero-order valence-electron chi connectivity index (χ0n) is 12.2. The van der Waals surface area contributed by atoms with Crippen LogP contribution in [0, 0.1) is 11.3 Å². The first-order chi connectivity index (χ1) is 10.1. The molecular formula is C15H21N5O. The third-order valence-corrected chi connectivity index (χ3v) is 3.70. The molecule has 21 heavy (non-hydrogen) atoms. The minimum atomic E-state index is -0.0758. The summed E-state index contributed by atoms with van der Waals surface area (Å²) in [6.07, 6.45) is 0. The van der Waals surface area contributed by atoms with E-state index >= 15 is 0 Å². The number of likely N-dealkylation sites (N-methyl/N-ethyl adjacent to an activating group) is 1. The number of nitrogens with zero attached hydrogens (tertiary/aromatic N) is 3. The van der Waals surface area contributed by atoms with E-state index in [0.29, 0.717) is 24.3 Å². The zero-order valence-corrected chi connectivity index (χ0v) is 12.2. The number of nitrogens with two attached hydrogens (primary N) is 1. The molecule has 0 aromatic heterocycles. The first-order valence-electron chi connectivity index (χ1n) is 7.05. The molecule has 1 aromatic rings. The van der Waals surface area contributed by atoms with Gasteiger partial charge in [0.15, 0.2) is 0 Å². The molecule has 1 atom stereocenters. The average Bonchev–Trinajstić information content (AvgIpc) is 2.49. The number of benzene rings is 1. The highest BCUT2D eigenvalue weighted by molar-refractivity contribution is 5.92. The number of rotatable bonds is 4. The van der Waals surface area contributed by atoms with Crippen LogP contribution < -0.4 is 11.1 Å². The van der Waals surface area contributed by atoms with Gasteiger partial charge < -0.3 is 16.0 Å². The maximum absolute atomic E-state index is 12.1. The molecule has 2 rings (SSSR count). The molecule has 1 amide bonds. The van der Waals surface area contributed by atoms with Crippen LogP contribution in [0.25, 0.3) is 0 Å². The van der Waals surface area contributed by atoms with Crippen LogP contribution in [-0.2, 0) is 4.79 Å². The van der Waals surface area contributed by atoms with Crippen LogP contribution in [0.15, 0.2) is 24.3 Å². The quantitative estimate of drug-likeness (QED) is 0.818. The Labute approximate surface area is 125 Å². The fourth-order valence-electron chi connectivity index (χ4n) is 2.53. The summed E-state index contributed by atoms with van der Waals surface area (Å²) < 4.78 is 0. The van der Waals surface area contributed by atoms with E-state index < -0.39 is 0 Å². The number of anilines is 1.